The molecule has 1 aromatic heterocycles. The minimum absolute atomic E-state index is 0.856. The summed E-state index contributed by atoms with van der Waals surface area (Å²) in [5.41, 5.74) is 4.84. The van der Waals surface area contributed by atoms with Crippen LogP contribution in [0.1, 0.15) is 23.9 Å². The van der Waals surface area contributed by atoms with Gasteiger partial charge in [0.25, 0.3) is 0 Å². The highest BCUT2D eigenvalue weighted by molar-refractivity contribution is 5.55. The summed E-state index contributed by atoms with van der Waals surface area (Å²) in [6.07, 6.45) is 2.03. The van der Waals surface area contributed by atoms with Crippen molar-refractivity contribution >= 4 is 0 Å². The van der Waals surface area contributed by atoms with Crippen LogP contribution in [-0.4, -0.2) is 16.5 Å². The second-order valence-electron chi connectivity index (χ2n) is 4.57. The fraction of sp³-hybridized carbons (Fsp3) is 0.333. The van der Waals surface area contributed by atoms with Crippen molar-refractivity contribution in [2.45, 2.75) is 26.3 Å². The van der Waals surface area contributed by atoms with Crippen LogP contribution in [0.3, 0.4) is 0 Å². The molecule has 18 heavy (non-hydrogen) atoms. The topological polar surface area (TPSA) is 37.8 Å². The molecule has 2 aromatic rings. The number of hydrogen-bond donors (Lipinski definition) is 1. The third kappa shape index (κ3) is 2.02. The van der Waals surface area contributed by atoms with Gasteiger partial charge in [0.05, 0.1) is 5.69 Å². The van der Waals surface area contributed by atoms with E-state index in [9.17, 15) is 0 Å². The lowest BCUT2D eigenvalue weighted by Gasteiger charge is -2.19. The SMILES string of the molecule is CCc1nc(-c2ccccc2)nc2c1CCNC2. The van der Waals surface area contributed by atoms with Gasteiger partial charge in [0.1, 0.15) is 0 Å². The summed E-state index contributed by atoms with van der Waals surface area (Å²) < 4.78 is 0. The number of aryl methyl sites for hydroxylation is 1. The Morgan fingerprint density at radius 1 is 1.17 bits per heavy atom. The zero-order valence-corrected chi connectivity index (χ0v) is 10.6. The van der Waals surface area contributed by atoms with E-state index in [1.165, 1.54) is 17.0 Å². The lowest BCUT2D eigenvalue weighted by molar-refractivity contribution is 0.617. The molecule has 0 fully saturated rings. The molecular formula is C15H17N3. The van der Waals surface area contributed by atoms with Gasteiger partial charge in [0.2, 0.25) is 0 Å². The number of nitrogens with zero attached hydrogens (tertiary/aromatic N) is 2. The second-order valence-corrected chi connectivity index (χ2v) is 4.57. The van der Waals surface area contributed by atoms with Crippen molar-refractivity contribution in [2.24, 2.45) is 0 Å². The van der Waals surface area contributed by atoms with Gasteiger partial charge in [0, 0.05) is 17.8 Å². The summed E-state index contributed by atoms with van der Waals surface area (Å²) in [5, 5.41) is 3.38. The number of fused-ring (bicyclic) bond motifs is 1. The van der Waals surface area contributed by atoms with E-state index in [1.807, 2.05) is 18.2 Å². The van der Waals surface area contributed by atoms with Gasteiger partial charge in [-0.3, -0.25) is 0 Å². The molecule has 0 saturated carbocycles. The molecular weight excluding hydrogens is 222 g/mol. The summed E-state index contributed by atoms with van der Waals surface area (Å²) in [6, 6.07) is 10.2. The standard InChI is InChI=1S/C15H17N3/c1-2-13-12-8-9-16-10-14(12)18-15(17-13)11-6-4-3-5-7-11/h3-7,16H,2,8-10H2,1H3. The minimum atomic E-state index is 0.856. The first-order valence-corrected chi connectivity index (χ1v) is 6.53. The minimum Gasteiger partial charge on any atom is -0.311 e. The molecule has 3 heteroatoms. The van der Waals surface area contributed by atoms with Crippen LogP contribution in [0.2, 0.25) is 0 Å². The largest absolute Gasteiger partial charge is 0.311 e. The highest BCUT2D eigenvalue weighted by atomic mass is 15.0. The maximum absolute atomic E-state index is 4.74. The summed E-state index contributed by atoms with van der Waals surface area (Å²) in [5.74, 6) is 0.856. The van der Waals surface area contributed by atoms with Gasteiger partial charge in [-0.2, -0.15) is 0 Å². The van der Waals surface area contributed by atoms with Crippen molar-refractivity contribution in [3.8, 4) is 11.4 Å². The summed E-state index contributed by atoms with van der Waals surface area (Å²) in [6.45, 7) is 4.07. The molecule has 1 aliphatic rings. The lowest BCUT2D eigenvalue weighted by atomic mass is 10.0. The van der Waals surface area contributed by atoms with Gasteiger partial charge < -0.3 is 5.32 Å². The van der Waals surface area contributed by atoms with Crippen molar-refractivity contribution < 1.29 is 0 Å². The number of nitrogens with one attached hydrogen (secondary N) is 1. The predicted molar refractivity (Wildman–Crippen MR) is 72.3 cm³/mol. The van der Waals surface area contributed by atoms with Crippen molar-refractivity contribution in [1.82, 2.24) is 15.3 Å². The molecule has 2 heterocycles. The molecule has 0 amide bonds. The summed E-state index contributed by atoms with van der Waals surface area (Å²) in [7, 11) is 0. The average Bonchev–Trinajstić information content (AvgIpc) is 2.47. The average molecular weight is 239 g/mol. The number of rotatable bonds is 2. The van der Waals surface area contributed by atoms with Crippen molar-refractivity contribution in [2.75, 3.05) is 6.54 Å². The Morgan fingerprint density at radius 3 is 2.78 bits per heavy atom. The normalized spacial score (nSPS) is 14.3. The Hall–Kier alpha value is -1.74. The zero-order chi connectivity index (χ0) is 12.4. The van der Waals surface area contributed by atoms with Gasteiger partial charge in [-0.1, -0.05) is 37.3 Å². The third-order valence-corrected chi connectivity index (χ3v) is 3.39. The van der Waals surface area contributed by atoms with E-state index in [2.05, 4.69) is 24.4 Å². The first-order valence-electron chi connectivity index (χ1n) is 6.53. The van der Waals surface area contributed by atoms with Gasteiger partial charge >= 0.3 is 0 Å². The molecule has 0 saturated heterocycles. The van der Waals surface area contributed by atoms with Crippen LogP contribution < -0.4 is 5.32 Å². The zero-order valence-electron chi connectivity index (χ0n) is 10.6. The van der Waals surface area contributed by atoms with Crippen molar-refractivity contribution in [3.63, 3.8) is 0 Å². The van der Waals surface area contributed by atoms with Gasteiger partial charge in [0.15, 0.2) is 5.82 Å². The van der Waals surface area contributed by atoms with Crippen molar-refractivity contribution in [1.29, 1.82) is 0 Å². The third-order valence-electron chi connectivity index (χ3n) is 3.39. The van der Waals surface area contributed by atoms with Crippen LogP contribution in [0.15, 0.2) is 30.3 Å². The highest BCUT2D eigenvalue weighted by Gasteiger charge is 2.16. The first kappa shape index (κ1) is 11.4. The van der Waals surface area contributed by atoms with Crippen LogP contribution in [0, 0.1) is 0 Å². The maximum atomic E-state index is 4.74. The van der Waals surface area contributed by atoms with Gasteiger partial charge in [-0.15, -0.1) is 0 Å². The Kier molecular flexibility index (Phi) is 3.07. The summed E-state index contributed by atoms with van der Waals surface area (Å²) >= 11 is 0. The molecule has 1 N–H and O–H groups in total. The number of aromatic nitrogens is 2. The van der Waals surface area contributed by atoms with E-state index < -0.39 is 0 Å². The molecule has 0 bridgehead atoms. The quantitative estimate of drug-likeness (QED) is 0.874. The monoisotopic (exact) mass is 239 g/mol. The van der Waals surface area contributed by atoms with E-state index in [-0.39, 0.29) is 0 Å². The van der Waals surface area contributed by atoms with E-state index >= 15 is 0 Å². The summed E-state index contributed by atoms with van der Waals surface area (Å²) in [4.78, 5) is 9.45. The van der Waals surface area contributed by atoms with E-state index in [0.29, 0.717) is 0 Å². The fourth-order valence-corrected chi connectivity index (χ4v) is 2.45. The molecule has 0 radical (unpaired) electrons. The number of benzene rings is 1. The van der Waals surface area contributed by atoms with Gasteiger partial charge in [-0.25, -0.2) is 9.97 Å². The molecule has 1 aromatic carbocycles. The van der Waals surface area contributed by atoms with Crippen LogP contribution in [0.25, 0.3) is 11.4 Å². The highest BCUT2D eigenvalue weighted by Crippen LogP contribution is 2.21. The molecule has 1 aliphatic heterocycles. The first-order chi connectivity index (χ1) is 8.88. The van der Waals surface area contributed by atoms with E-state index in [0.717, 1.165) is 37.3 Å². The van der Waals surface area contributed by atoms with E-state index in [4.69, 9.17) is 9.97 Å². The molecule has 92 valence electrons. The number of hydrogen-bond acceptors (Lipinski definition) is 3. The molecule has 3 rings (SSSR count). The molecule has 0 atom stereocenters. The fourth-order valence-electron chi connectivity index (χ4n) is 2.45. The molecule has 3 nitrogen and oxygen atoms in total. The Labute approximate surface area is 107 Å². The Morgan fingerprint density at radius 2 is 2.00 bits per heavy atom. The molecule has 0 unspecified atom stereocenters. The second kappa shape index (κ2) is 4.86. The molecule has 0 spiro atoms. The molecule has 0 aliphatic carbocycles. The van der Waals surface area contributed by atoms with Crippen LogP contribution in [-0.2, 0) is 19.4 Å². The van der Waals surface area contributed by atoms with E-state index in [1.54, 1.807) is 0 Å². The Balaban J connectivity index is 2.12. The predicted octanol–water partition coefficient (Wildman–Crippen LogP) is 2.35. The lowest BCUT2D eigenvalue weighted by Crippen LogP contribution is -2.26. The van der Waals surface area contributed by atoms with Crippen LogP contribution in [0.4, 0.5) is 0 Å². The van der Waals surface area contributed by atoms with Crippen LogP contribution >= 0.6 is 0 Å². The smallest absolute Gasteiger partial charge is 0.159 e. The van der Waals surface area contributed by atoms with Crippen LogP contribution in [0.5, 0.6) is 0 Å². The Bertz CT molecular complexity index is 532. The van der Waals surface area contributed by atoms with Gasteiger partial charge in [-0.05, 0) is 24.9 Å². The van der Waals surface area contributed by atoms with Crippen molar-refractivity contribution in [3.05, 3.63) is 47.3 Å². The maximum Gasteiger partial charge on any atom is 0.159 e.